The quantitative estimate of drug-likeness (QED) is 0.912. The largest absolute Gasteiger partial charge is 0.330 e. The molecule has 0 amide bonds. The summed E-state index contributed by atoms with van der Waals surface area (Å²) in [6.45, 7) is 0.562. The van der Waals surface area contributed by atoms with Gasteiger partial charge in [-0.15, -0.1) is 0 Å². The molecule has 0 bridgehead atoms. The maximum atomic E-state index is 13.6. The Kier molecular flexibility index (Phi) is 4.64. The smallest absolute Gasteiger partial charge is 0.137 e. The van der Waals surface area contributed by atoms with Crippen LogP contribution in [0.2, 0.25) is 5.02 Å². The van der Waals surface area contributed by atoms with Gasteiger partial charge >= 0.3 is 0 Å². The summed E-state index contributed by atoms with van der Waals surface area (Å²) in [4.78, 5) is 1.55. The van der Waals surface area contributed by atoms with Crippen LogP contribution >= 0.6 is 23.4 Å². The van der Waals surface area contributed by atoms with Gasteiger partial charge in [0.25, 0.3) is 0 Å². The monoisotopic (exact) mass is 281 g/mol. The number of nitrogens with two attached hydrogens (primary N) is 1. The van der Waals surface area contributed by atoms with E-state index in [0.717, 1.165) is 16.9 Å². The highest BCUT2D eigenvalue weighted by Gasteiger charge is 2.08. The topological polar surface area (TPSA) is 26.0 Å². The van der Waals surface area contributed by atoms with Crippen molar-refractivity contribution in [3.63, 3.8) is 0 Å². The molecule has 0 radical (unpaired) electrons. The predicted molar refractivity (Wildman–Crippen MR) is 74.7 cm³/mol. The highest BCUT2D eigenvalue weighted by atomic mass is 35.5. The molecule has 4 heteroatoms. The van der Waals surface area contributed by atoms with Gasteiger partial charge in [0, 0.05) is 14.8 Å². The van der Waals surface area contributed by atoms with E-state index in [4.69, 9.17) is 17.3 Å². The van der Waals surface area contributed by atoms with Gasteiger partial charge in [-0.2, -0.15) is 0 Å². The second-order valence-electron chi connectivity index (χ2n) is 3.82. The van der Waals surface area contributed by atoms with Crippen LogP contribution in [0.25, 0.3) is 0 Å². The lowest BCUT2D eigenvalue weighted by atomic mass is 10.1. The fourth-order valence-corrected chi connectivity index (χ4v) is 2.90. The highest BCUT2D eigenvalue weighted by molar-refractivity contribution is 7.99. The van der Waals surface area contributed by atoms with Crippen molar-refractivity contribution >= 4 is 23.4 Å². The first kappa shape index (κ1) is 13.4. The fraction of sp³-hybridized carbons (Fsp3) is 0.143. The lowest BCUT2D eigenvalue weighted by Crippen LogP contribution is -2.03. The van der Waals surface area contributed by atoms with E-state index in [1.807, 2.05) is 24.3 Å². The summed E-state index contributed by atoms with van der Waals surface area (Å²) in [7, 11) is 0. The second-order valence-corrected chi connectivity index (χ2v) is 5.34. The van der Waals surface area contributed by atoms with Crippen LogP contribution in [-0.2, 0) is 6.42 Å². The Hall–Kier alpha value is -1.03. The molecule has 0 fully saturated rings. The first-order valence-electron chi connectivity index (χ1n) is 5.61. The molecule has 0 atom stereocenters. The van der Waals surface area contributed by atoms with Crippen molar-refractivity contribution in [2.45, 2.75) is 16.2 Å². The summed E-state index contributed by atoms with van der Waals surface area (Å²) in [5.74, 6) is -0.221. The molecular formula is C14H13ClFNS. The lowest BCUT2D eigenvalue weighted by Gasteiger charge is -2.09. The second kappa shape index (κ2) is 6.23. The van der Waals surface area contributed by atoms with Gasteiger partial charge in [0.05, 0.1) is 0 Å². The normalized spacial score (nSPS) is 10.6. The summed E-state index contributed by atoms with van der Waals surface area (Å²) >= 11 is 7.36. The average Bonchev–Trinajstić information content (AvgIpc) is 2.36. The van der Waals surface area contributed by atoms with E-state index in [1.54, 1.807) is 12.1 Å². The Morgan fingerprint density at radius 3 is 2.61 bits per heavy atom. The van der Waals surface area contributed by atoms with Crippen LogP contribution in [0.4, 0.5) is 4.39 Å². The Bertz CT molecular complexity index is 545. The molecule has 2 rings (SSSR count). The molecule has 0 saturated carbocycles. The molecule has 0 heterocycles. The number of hydrogen-bond donors (Lipinski definition) is 1. The maximum absolute atomic E-state index is 13.6. The standard InChI is InChI=1S/C14H13ClFNS/c15-11-6-5-10(7-8-17)14(9-11)18-13-4-2-1-3-12(13)16/h1-6,9H,7-8,17H2. The van der Waals surface area contributed by atoms with Crippen LogP contribution < -0.4 is 5.73 Å². The molecule has 0 aliphatic carbocycles. The Labute approximate surface area is 115 Å². The molecule has 0 spiro atoms. The molecule has 0 saturated heterocycles. The molecule has 18 heavy (non-hydrogen) atoms. The van der Waals surface area contributed by atoms with Gasteiger partial charge in [-0.05, 0) is 42.8 Å². The molecule has 2 aromatic carbocycles. The number of rotatable bonds is 4. The van der Waals surface area contributed by atoms with Crippen molar-refractivity contribution in [2.75, 3.05) is 6.54 Å². The SMILES string of the molecule is NCCc1ccc(Cl)cc1Sc1ccccc1F. The third kappa shape index (κ3) is 3.25. The molecule has 2 aromatic rings. The van der Waals surface area contributed by atoms with E-state index in [2.05, 4.69) is 0 Å². The minimum Gasteiger partial charge on any atom is -0.330 e. The van der Waals surface area contributed by atoms with Gasteiger partial charge in [-0.25, -0.2) is 4.39 Å². The molecular weight excluding hydrogens is 269 g/mol. The van der Waals surface area contributed by atoms with Gasteiger partial charge in [-0.1, -0.05) is 41.6 Å². The summed E-state index contributed by atoms with van der Waals surface area (Å²) in [5.41, 5.74) is 6.67. The zero-order valence-electron chi connectivity index (χ0n) is 9.70. The number of benzene rings is 2. The summed E-state index contributed by atoms with van der Waals surface area (Å²) < 4.78 is 13.6. The third-order valence-electron chi connectivity index (χ3n) is 2.50. The van der Waals surface area contributed by atoms with Gasteiger partial charge in [-0.3, -0.25) is 0 Å². The summed E-state index contributed by atoms with van der Waals surface area (Å²) in [6, 6.07) is 12.3. The summed E-state index contributed by atoms with van der Waals surface area (Å²) in [5, 5.41) is 0.648. The van der Waals surface area contributed by atoms with Crippen molar-refractivity contribution in [1.82, 2.24) is 0 Å². The zero-order chi connectivity index (χ0) is 13.0. The van der Waals surface area contributed by atoms with Crippen LogP contribution in [0.5, 0.6) is 0 Å². The first-order chi connectivity index (χ1) is 8.70. The minimum absolute atomic E-state index is 0.221. The number of halogens is 2. The van der Waals surface area contributed by atoms with Crippen LogP contribution in [-0.4, -0.2) is 6.54 Å². The van der Waals surface area contributed by atoms with E-state index < -0.39 is 0 Å². The van der Waals surface area contributed by atoms with E-state index in [9.17, 15) is 4.39 Å². The van der Waals surface area contributed by atoms with E-state index >= 15 is 0 Å². The maximum Gasteiger partial charge on any atom is 0.137 e. The van der Waals surface area contributed by atoms with Crippen molar-refractivity contribution in [2.24, 2.45) is 5.73 Å². The van der Waals surface area contributed by atoms with Crippen molar-refractivity contribution in [3.8, 4) is 0 Å². The lowest BCUT2D eigenvalue weighted by molar-refractivity contribution is 0.602. The first-order valence-corrected chi connectivity index (χ1v) is 6.81. The Morgan fingerprint density at radius 2 is 1.89 bits per heavy atom. The van der Waals surface area contributed by atoms with Gasteiger partial charge in [0.2, 0.25) is 0 Å². The Morgan fingerprint density at radius 1 is 1.11 bits per heavy atom. The predicted octanol–water partition coefficient (Wildman–Crippen LogP) is 4.13. The minimum atomic E-state index is -0.221. The van der Waals surface area contributed by atoms with Crippen LogP contribution in [0.3, 0.4) is 0 Å². The van der Waals surface area contributed by atoms with Crippen LogP contribution in [0.15, 0.2) is 52.3 Å². The van der Waals surface area contributed by atoms with Crippen molar-refractivity contribution in [1.29, 1.82) is 0 Å². The fourth-order valence-electron chi connectivity index (χ4n) is 1.63. The van der Waals surface area contributed by atoms with E-state index in [-0.39, 0.29) is 5.82 Å². The molecule has 94 valence electrons. The van der Waals surface area contributed by atoms with Gasteiger partial charge < -0.3 is 5.73 Å². The van der Waals surface area contributed by atoms with Gasteiger partial charge in [0.15, 0.2) is 0 Å². The molecule has 0 aliphatic heterocycles. The molecule has 0 unspecified atom stereocenters. The molecule has 2 N–H and O–H groups in total. The summed E-state index contributed by atoms with van der Waals surface area (Å²) in [6.07, 6.45) is 0.758. The van der Waals surface area contributed by atoms with E-state index in [1.165, 1.54) is 17.8 Å². The molecule has 0 aliphatic rings. The van der Waals surface area contributed by atoms with Gasteiger partial charge in [0.1, 0.15) is 5.82 Å². The molecule has 1 nitrogen and oxygen atoms in total. The number of hydrogen-bond acceptors (Lipinski definition) is 2. The van der Waals surface area contributed by atoms with E-state index in [0.29, 0.717) is 16.5 Å². The zero-order valence-corrected chi connectivity index (χ0v) is 11.3. The molecule has 0 aromatic heterocycles. The Balaban J connectivity index is 2.33. The third-order valence-corrected chi connectivity index (χ3v) is 3.89. The van der Waals surface area contributed by atoms with Crippen LogP contribution in [0.1, 0.15) is 5.56 Å². The highest BCUT2D eigenvalue weighted by Crippen LogP contribution is 2.34. The average molecular weight is 282 g/mol. The van der Waals surface area contributed by atoms with Crippen molar-refractivity contribution in [3.05, 3.63) is 58.9 Å². The van der Waals surface area contributed by atoms with Crippen molar-refractivity contribution < 1.29 is 4.39 Å². The van der Waals surface area contributed by atoms with Crippen LogP contribution in [0, 0.1) is 5.82 Å².